The Morgan fingerprint density at radius 1 is 1.05 bits per heavy atom. The lowest BCUT2D eigenvalue weighted by molar-refractivity contribution is -0.325. The number of nitrogens with zero attached hydrogens (tertiary/aromatic N) is 2. The van der Waals surface area contributed by atoms with Crippen molar-refractivity contribution in [2.75, 3.05) is 19.0 Å². The highest BCUT2D eigenvalue weighted by Gasteiger charge is 2.52. The zero-order chi connectivity index (χ0) is 30.9. The van der Waals surface area contributed by atoms with Crippen LogP contribution in [-0.4, -0.2) is 116 Å². The van der Waals surface area contributed by atoms with E-state index in [-0.39, 0.29) is 5.69 Å². The molecule has 0 unspecified atom stereocenters. The van der Waals surface area contributed by atoms with Gasteiger partial charge in [0.2, 0.25) is 5.91 Å². The van der Waals surface area contributed by atoms with Crippen molar-refractivity contribution in [3.63, 3.8) is 0 Å². The normalized spacial score (nSPS) is 33.3. The summed E-state index contributed by atoms with van der Waals surface area (Å²) in [5.41, 5.74) is 0.458. The van der Waals surface area contributed by atoms with Crippen LogP contribution < -0.4 is 16.2 Å². The smallest absolute Gasteiger partial charge is 0.295 e. The van der Waals surface area contributed by atoms with Gasteiger partial charge in [-0.05, 0) is 26.0 Å². The van der Waals surface area contributed by atoms with Crippen LogP contribution in [0.5, 0.6) is 0 Å². The molecular weight excluding hydrogens is 556 g/mol. The summed E-state index contributed by atoms with van der Waals surface area (Å²) in [6.45, 7) is 3.93. The van der Waals surface area contributed by atoms with Crippen molar-refractivity contribution in [3.8, 4) is 5.69 Å². The molecule has 232 valence electrons. The van der Waals surface area contributed by atoms with Crippen molar-refractivity contribution in [3.05, 3.63) is 46.4 Å². The number of hydrogen-bond acceptors (Lipinski definition) is 11. The van der Waals surface area contributed by atoms with Gasteiger partial charge in [0.1, 0.15) is 42.3 Å². The first-order chi connectivity index (χ1) is 19.9. The Balaban J connectivity index is 1.61. The summed E-state index contributed by atoms with van der Waals surface area (Å²) in [4.78, 5) is 38.7. The molecule has 2 aromatic rings. The molecular formula is C27H38N4O11. The van der Waals surface area contributed by atoms with Crippen LogP contribution in [0.25, 0.3) is 5.69 Å². The van der Waals surface area contributed by atoms with Crippen molar-refractivity contribution in [1.82, 2.24) is 14.7 Å². The number of benzene rings is 1. The molecule has 2 saturated heterocycles. The summed E-state index contributed by atoms with van der Waals surface area (Å²) in [7, 11) is 2.87. The summed E-state index contributed by atoms with van der Waals surface area (Å²) in [5, 5.41) is 47.4. The summed E-state index contributed by atoms with van der Waals surface area (Å²) in [5.74, 6) is -1.32. The molecule has 0 aliphatic carbocycles. The van der Waals surface area contributed by atoms with E-state index in [0.29, 0.717) is 11.4 Å². The average molecular weight is 595 g/mol. The van der Waals surface area contributed by atoms with Crippen LogP contribution in [0.3, 0.4) is 0 Å². The first kappa shape index (κ1) is 31.8. The van der Waals surface area contributed by atoms with Crippen LogP contribution in [0.1, 0.15) is 19.5 Å². The van der Waals surface area contributed by atoms with Crippen LogP contribution in [0, 0.1) is 6.92 Å². The molecule has 15 nitrogen and oxygen atoms in total. The molecule has 0 spiro atoms. The van der Waals surface area contributed by atoms with Crippen molar-refractivity contribution in [2.45, 2.75) is 81.9 Å². The zero-order valence-corrected chi connectivity index (χ0v) is 23.9. The molecule has 10 atom stereocenters. The molecule has 2 aliphatic heterocycles. The maximum absolute atomic E-state index is 13.5. The van der Waals surface area contributed by atoms with Gasteiger partial charge in [0, 0.05) is 21.1 Å². The summed E-state index contributed by atoms with van der Waals surface area (Å²) in [6, 6.07) is 7.87. The van der Waals surface area contributed by atoms with Gasteiger partial charge in [-0.25, -0.2) is 4.68 Å². The minimum absolute atomic E-state index is 0.0342. The molecule has 0 radical (unpaired) electrons. The molecule has 0 saturated carbocycles. The number of hydrogen-bond donors (Lipinski definition) is 6. The Hall–Kier alpha value is -3.15. The van der Waals surface area contributed by atoms with Crippen LogP contribution in [0.2, 0.25) is 0 Å². The standard InChI is InChI=1S/C27H38N4O11/c1-12-17(26(38)31(30(12)4)15-9-7-6-8-10-15)29-25(37)24-23(39-5)20(35)21(36)27(42-24)41-22-18(28-14(3)33)13(2)40-16(11-32)19(22)34/h6-10,13,16,18-24,27,32,34-36H,11H2,1-5H3,(H,28,33)(H,29,37)/t13-,16+,18-,19+,20+,21+,22+,23-,24-,27+/m0/s1. The summed E-state index contributed by atoms with van der Waals surface area (Å²) >= 11 is 0. The summed E-state index contributed by atoms with van der Waals surface area (Å²) in [6.07, 6.45) is -12.7. The minimum Gasteiger partial charge on any atom is -0.394 e. The predicted octanol–water partition coefficient (Wildman–Crippen LogP) is -2.08. The number of aliphatic hydroxyl groups is 4. The lowest BCUT2D eigenvalue weighted by Crippen LogP contribution is -2.67. The third-order valence-corrected chi connectivity index (χ3v) is 7.69. The van der Waals surface area contributed by atoms with E-state index in [1.54, 1.807) is 55.9 Å². The largest absolute Gasteiger partial charge is 0.394 e. The number of rotatable bonds is 8. The number of carbonyl (C=O) groups is 2. The summed E-state index contributed by atoms with van der Waals surface area (Å²) < 4.78 is 25.5. The van der Waals surface area contributed by atoms with E-state index < -0.39 is 85.1 Å². The Labute approximate surface area is 241 Å². The topological polar surface area (TPSA) is 203 Å². The fourth-order valence-electron chi connectivity index (χ4n) is 5.37. The molecule has 2 fully saturated rings. The molecule has 42 heavy (non-hydrogen) atoms. The lowest BCUT2D eigenvalue weighted by Gasteiger charge is -2.47. The van der Waals surface area contributed by atoms with Crippen LogP contribution in [0.4, 0.5) is 5.69 Å². The van der Waals surface area contributed by atoms with Gasteiger partial charge in [0.15, 0.2) is 12.4 Å². The maximum atomic E-state index is 13.5. The van der Waals surface area contributed by atoms with Crippen LogP contribution >= 0.6 is 0 Å². The lowest BCUT2D eigenvalue weighted by atomic mass is 9.92. The Morgan fingerprint density at radius 2 is 1.71 bits per heavy atom. The quantitative estimate of drug-likeness (QED) is 0.196. The van der Waals surface area contributed by atoms with Crippen molar-refractivity contribution in [2.24, 2.45) is 7.05 Å². The van der Waals surface area contributed by atoms with Gasteiger partial charge in [-0.2, -0.15) is 0 Å². The second-order valence-corrected chi connectivity index (χ2v) is 10.4. The highest BCUT2D eigenvalue weighted by atomic mass is 16.7. The molecule has 3 heterocycles. The Kier molecular flexibility index (Phi) is 9.84. The average Bonchev–Trinajstić information content (AvgIpc) is 3.17. The van der Waals surface area contributed by atoms with E-state index in [4.69, 9.17) is 18.9 Å². The van der Waals surface area contributed by atoms with E-state index in [1.807, 2.05) is 0 Å². The first-order valence-corrected chi connectivity index (χ1v) is 13.5. The molecule has 2 aliphatic rings. The first-order valence-electron chi connectivity index (χ1n) is 13.5. The SMILES string of the molecule is CO[C@H]1[C@H](O)[C@@H](O)[C@H](O[C@H]2[C@H](O)[C@@H](CO)O[C@@H](C)[C@@H]2NC(C)=O)O[C@@H]1C(=O)Nc1c(C)n(C)n(-c2ccccc2)c1=O. The van der Waals surface area contributed by atoms with E-state index in [1.165, 1.54) is 18.7 Å². The Bertz CT molecular complexity index is 1320. The number of ether oxygens (including phenoxy) is 4. The van der Waals surface area contributed by atoms with E-state index >= 15 is 0 Å². The van der Waals surface area contributed by atoms with Crippen molar-refractivity contribution in [1.29, 1.82) is 0 Å². The number of aromatic nitrogens is 2. The molecule has 4 rings (SSSR count). The van der Waals surface area contributed by atoms with Crippen molar-refractivity contribution >= 4 is 17.5 Å². The monoisotopic (exact) mass is 594 g/mol. The number of methoxy groups -OCH3 is 1. The minimum atomic E-state index is -1.75. The maximum Gasteiger partial charge on any atom is 0.295 e. The van der Waals surface area contributed by atoms with Gasteiger partial charge in [-0.1, -0.05) is 18.2 Å². The van der Waals surface area contributed by atoms with E-state index in [9.17, 15) is 34.8 Å². The number of anilines is 1. The molecule has 6 N–H and O–H groups in total. The number of carbonyl (C=O) groups excluding carboxylic acids is 2. The van der Waals surface area contributed by atoms with Gasteiger partial charge < -0.3 is 50.0 Å². The Morgan fingerprint density at radius 3 is 2.31 bits per heavy atom. The number of nitrogens with one attached hydrogen (secondary N) is 2. The van der Waals surface area contributed by atoms with E-state index in [2.05, 4.69) is 10.6 Å². The van der Waals surface area contributed by atoms with Gasteiger partial charge in [-0.3, -0.25) is 19.1 Å². The highest BCUT2D eigenvalue weighted by molar-refractivity contribution is 5.95. The fraction of sp³-hybridized carbons (Fsp3) is 0.593. The van der Waals surface area contributed by atoms with Gasteiger partial charge in [0.05, 0.1) is 30.1 Å². The fourth-order valence-corrected chi connectivity index (χ4v) is 5.37. The molecule has 1 aromatic carbocycles. The van der Waals surface area contributed by atoms with E-state index in [0.717, 1.165) is 0 Å². The van der Waals surface area contributed by atoms with Gasteiger partial charge in [0.25, 0.3) is 11.5 Å². The van der Waals surface area contributed by atoms with Crippen molar-refractivity contribution < 1.29 is 49.0 Å². The van der Waals surface area contributed by atoms with Gasteiger partial charge >= 0.3 is 0 Å². The number of para-hydroxylation sites is 1. The second kappa shape index (κ2) is 13.0. The third-order valence-electron chi connectivity index (χ3n) is 7.69. The highest BCUT2D eigenvalue weighted by Crippen LogP contribution is 2.30. The predicted molar refractivity (Wildman–Crippen MR) is 146 cm³/mol. The molecule has 1 aromatic heterocycles. The second-order valence-electron chi connectivity index (χ2n) is 10.4. The molecule has 2 amide bonds. The van der Waals surface area contributed by atoms with Gasteiger partial charge in [-0.15, -0.1) is 0 Å². The van der Waals surface area contributed by atoms with Crippen LogP contribution in [0.15, 0.2) is 35.1 Å². The molecule has 0 bridgehead atoms. The zero-order valence-electron chi connectivity index (χ0n) is 23.9. The number of aliphatic hydroxyl groups excluding tert-OH is 4. The third kappa shape index (κ3) is 6.00. The molecule has 15 heteroatoms. The van der Waals surface area contributed by atoms with Crippen LogP contribution in [-0.2, 0) is 35.6 Å². The number of amides is 2.